The van der Waals surface area contributed by atoms with Crippen LogP contribution in [0.2, 0.25) is 0 Å². The van der Waals surface area contributed by atoms with Crippen LogP contribution in [-0.2, 0) is 27.3 Å². The Kier molecular flexibility index (Phi) is 10.3. The fraction of sp³-hybridized carbons (Fsp3) is 0.440. The molecule has 5 heteroatoms. The number of rotatable bonds is 13. The van der Waals surface area contributed by atoms with Crippen LogP contribution in [0.15, 0.2) is 48.5 Å². The van der Waals surface area contributed by atoms with Crippen molar-refractivity contribution in [2.24, 2.45) is 5.92 Å². The molecule has 0 aliphatic rings. The lowest BCUT2D eigenvalue weighted by molar-refractivity contribution is -0.116. The van der Waals surface area contributed by atoms with E-state index in [-0.39, 0.29) is 24.5 Å². The first-order chi connectivity index (χ1) is 14.5. The predicted octanol–water partition coefficient (Wildman–Crippen LogP) is 5.04. The summed E-state index contributed by atoms with van der Waals surface area (Å²) in [5, 5.41) is 2.86. The molecule has 0 unspecified atom stereocenters. The second-order valence-corrected chi connectivity index (χ2v) is 7.72. The summed E-state index contributed by atoms with van der Waals surface area (Å²) in [7, 11) is 0. The largest absolute Gasteiger partial charge is 0.379 e. The maximum absolute atomic E-state index is 12.4. The van der Waals surface area contributed by atoms with E-state index in [0.29, 0.717) is 43.6 Å². The van der Waals surface area contributed by atoms with E-state index in [1.165, 1.54) is 5.56 Å². The van der Waals surface area contributed by atoms with Crippen LogP contribution in [-0.4, -0.2) is 31.5 Å². The SMILES string of the molecule is CCOCCOCc1cccc(NC(=O)CCC(=O)c2ccc(CC(C)C)cc2)c1. The fourth-order valence-corrected chi connectivity index (χ4v) is 3.08. The van der Waals surface area contributed by atoms with Gasteiger partial charge in [-0.05, 0) is 42.5 Å². The number of hydrogen-bond donors (Lipinski definition) is 1. The number of carbonyl (C=O) groups is 2. The Balaban J connectivity index is 1.77. The van der Waals surface area contributed by atoms with Crippen LogP contribution < -0.4 is 5.32 Å². The van der Waals surface area contributed by atoms with E-state index in [1.807, 2.05) is 55.5 Å². The lowest BCUT2D eigenvalue weighted by Gasteiger charge is -2.09. The third-order valence-electron chi connectivity index (χ3n) is 4.55. The molecule has 0 saturated heterocycles. The summed E-state index contributed by atoms with van der Waals surface area (Å²) in [6.45, 7) is 8.53. The average Bonchev–Trinajstić information content (AvgIpc) is 2.72. The second-order valence-electron chi connectivity index (χ2n) is 7.72. The monoisotopic (exact) mass is 411 g/mol. The van der Waals surface area contributed by atoms with Crippen LogP contribution in [0.4, 0.5) is 5.69 Å². The van der Waals surface area contributed by atoms with Crippen molar-refractivity contribution in [3.8, 4) is 0 Å². The number of benzene rings is 2. The molecule has 30 heavy (non-hydrogen) atoms. The summed E-state index contributed by atoms with van der Waals surface area (Å²) in [6.07, 6.45) is 1.34. The van der Waals surface area contributed by atoms with E-state index in [2.05, 4.69) is 19.2 Å². The summed E-state index contributed by atoms with van der Waals surface area (Å²) in [5.74, 6) is 0.391. The Morgan fingerprint density at radius 2 is 1.67 bits per heavy atom. The summed E-state index contributed by atoms with van der Waals surface area (Å²) >= 11 is 0. The van der Waals surface area contributed by atoms with Crippen LogP contribution in [0.1, 0.15) is 55.1 Å². The standard InChI is InChI=1S/C25H33NO4/c1-4-29-14-15-30-18-21-6-5-7-23(17-21)26-25(28)13-12-24(27)22-10-8-20(9-11-22)16-19(2)3/h5-11,17,19H,4,12-16,18H2,1-3H3,(H,26,28). The highest BCUT2D eigenvalue weighted by Gasteiger charge is 2.10. The van der Waals surface area contributed by atoms with E-state index in [4.69, 9.17) is 9.47 Å². The van der Waals surface area contributed by atoms with Gasteiger partial charge in [0.15, 0.2) is 5.78 Å². The van der Waals surface area contributed by atoms with Crippen molar-refractivity contribution < 1.29 is 19.1 Å². The molecule has 2 aromatic carbocycles. The Bertz CT molecular complexity index is 799. The van der Waals surface area contributed by atoms with Gasteiger partial charge in [-0.3, -0.25) is 9.59 Å². The lowest BCUT2D eigenvalue weighted by Crippen LogP contribution is -2.13. The molecular weight excluding hydrogens is 378 g/mol. The van der Waals surface area contributed by atoms with Gasteiger partial charge >= 0.3 is 0 Å². The number of amides is 1. The first-order valence-corrected chi connectivity index (χ1v) is 10.6. The number of hydrogen-bond acceptors (Lipinski definition) is 4. The van der Waals surface area contributed by atoms with Crippen molar-refractivity contribution in [2.45, 2.75) is 46.6 Å². The number of nitrogens with one attached hydrogen (secondary N) is 1. The Morgan fingerprint density at radius 3 is 2.37 bits per heavy atom. The number of Topliss-reactive ketones (excluding diaryl/α,β-unsaturated/α-hetero) is 1. The minimum absolute atomic E-state index is 0.0160. The van der Waals surface area contributed by atoms with Crippen molar-refractivity contribution in [2.75, 3.05) is 25.1 Å². The molecule has 0 heterocycles. The van der Waals surface area contributed by atoms with E-state index < -0.39 is 0 Å². The molecule has 5 nitrogen and oxygen atoms in total. The zero-order chi connectivity index (χ0) is 21.8. The van der Waals surface area contributed by atoms with Crippen LogP contribution >= 0.6 is 0 Å². The number of anilines is 1. The highest BCUT2D eigenvalue weighted by molar-refractivity contribution is 6.00. The van der Waals surface area contributed by atoms with Gasteiger partial charge in [-0.2, -0.15) is 0 Å². The molecule has 2 aromatic rings. The molecule has 0 radical (unpaired) electrons. The molecule has 0 atom stereocenters. The molecular formula is C25H33NO4. The van der Waals surface area contributed by atoms with Crippen LogP contribution in [0.25, 0.3) is 0 Å². The molecule has 0 fully saturated rings. The van der Waals surface area contributed by atoms with Crippen LogP contribution in [0.5, 0.6) is 0 Å². The Morgan fingerprint density at radius 1 is 0.933 bits per heavy atom. The molecule has 1 amide bonds. The molecule has 1 N–H and O–H groups in total. The zero-order valence-corrected chi connectivity index (χ0v) is 18.3. The lowest BCUT2D eigenvalue weighted by atomic mass is 9.99. The molecule has 0 spiro atoms. The summed E-state index contributed by atoms with van der Waals surface area (Å²) < 4.78 is 10.8. The molecule has 162 valence electrons. The maximum Gasteiger partial charge on any atom is 0.224 e. The summed E-state index contributed by atoms with van der Waals surface area (Å²) in [4.78, 5) is 24.6. The van der Waals surface area contributed by atoms with E-state index in [1.54, 1.807) is 0 Å². The zero-order valence-electron chi connectivity index (χ0n) is 18.3. The van der Waals surface area contributed by atoms with Crippen molar-refractivity contribution in [3.63, 3.8) is 0 Å². The number of ketones is 1. The predicted molar refractivity (Wildman–Crippen MR) is 120 cm³/mol. The van der Waals surface area contributed by atoms with E-state index >= 15 is 0 Å². The van der Waals surface area contributed by atoms with Gasteiger partial charge in [-0.1, -0.05) is 50.2 Å². The molecule has 0 aromatic heterocycles. The quantitative estimate of drug-likeness (QED) is 0.370. The fourth-order valence-electron chi connectivity index (χ4n) is 3.08. The second kappa shape index (κ2) is 12.9. The minimum atomic E-state index is -0.172. The van der Waals surface area contributed by atoms with Gasteiger partial charge in [-0.15, -0.1) is 0 Å². The van der Waals surface area contributed by atoms with Gasteiger partial charge in [0, 0.05) is 30.7 Å². The highest BCUT2D eigenvalue weighted by atomic mass is 16.5. The molecule has 0 bridgehead atoms. The number of carbonyl (C=O) groups excluding carboxylic acids is 2. The van der Waals surface area contributed by atoms with Crippen molar-refractivity contribution in [3.05, 3.63) is 65.2 Å². The minimum Gasteiger partial charge on any atom is -0.379 e. The van der Waals surface area contributed by atoms with Gasteiger partial charge in [0.25, 0.3) is 0 Å². The van der Waals surface area contributed by atoms with Gasteiger partial charge in [0.05, 0.1) is 19.8 Å². The average molecular weight is 412 g/mol. The van der Waals surface area contributed by atoms with Gasteiger partial charge in [0.1, 0.15) is 0 Å². The Hall–Kier alpha value is -2.50. The van der Waals surface area contributed by atoms with Crippen molar-refractivity contribution in [1.29, 1.82) is 0 Å². The van der Waals surface area contributed by atoms with Gasteiger partial charge in [-0.25, -0.2) is 0 Å². The smallest absolute Gasteiger partial charge is 0.224 e. The van der Waals surface area contributed by atoms with E-state index in [9.17, 15) is 9.59 Å². The molecule has 2 rings (SSSR count). The third-order valence-corrected chi connectivity index (χ3v) is 4.55. The van der Waals surface area contributed by atoms with Crippen LogP contribution in [0.3, 0.4) is 0 Å². The van der Waals surface area contributed by atoms with Gasteiger partial charge in [0.2, 0.25) is 5.91 Å². The third kappa shape index (κ3) is 8.89. The van der Waals surface area contributed by atoms with Crippen molar-refractivity contribution in [1.82, 2.24) is 0 Å². The summed E-state index contributed by atoms with van der Waals surface area (Å²) in [5.41, 5.74) is 3.56. The Labute approximate surface area is 179 Å². The number of ether oxygens (including phenoxy) is 2. The molecule has 0 aliphatic heterocycles. The molecule has 0 saturated carbocycles. The van der Waals surface area contributed by atoms with Crippen LogP contribution in [0, 0.1) is 5.92 Å². The maximum atomic E-state index is 12.4. The van der Waals surface area contributed by atoms with Crippen molar-refractivity contribution >= 4 is 17.4 Å². The molecule has 0 aliphatic carbocycles. The first-order valence-electron chi connectivity index (χ1n) is 10.6. The van der Waals surface area contributed by atoms with E-state index in [0.717, 1.165) is 12.0 Å². The van der Waals surface area contributed by atoms with Gasteiger partial charge < -0.3 is 14.8 Å². The highest BCUT2D eigenvalue weighted by Crippen LogP contribution is 2.14. The normalized spacial score (nSPS) is 10.9. The first kappa shape index (κ1) is 23.8. The topological polar surface area (TPSA) is 64.6 Å². The summed E-state index contributed by atoms with van der Waals surface area (Å²) in [6, 6.07) is 15.2.